The summed E-state index contributed by atoms with van der Waals surface area (Å²) in [5.41, 5.74) is 7.41. The first kappa shape index (κ1) is 21.9. The lowest BCUT2D eigenvalue weighted by Crippen LogP contribution is -2.34. The van der Waals surface area contributed by atoms with Crippen LogP contribution in [-0.2, 0) is 13.0 Å². The lowest BCUT2D eigenvalue weighted by atomic mass is 9.96. The molecule has 3 aromatic rings. The minimum atomic E-state index is -0.231. The topological polar surface area (TPSA) is 56.6 Å². The fourth-order valence-corrected chi connectivity index (χ4v) is 4.84. The van der Waals surface area contributed by atoms with Crippen molar-refractivity contribution in [2.75, 3.05) is 19.1 Å². The van der Waals surface area contributed by atoms with Crippen LogP contribution < -0.4 is 20.1 Å². The maximum atomic E-state index is 13.1. The summed E-state index contributed by atoms with van der Waals surface area (Å²) in [5.74, 6) is 2.01. The van der Waals surface area contributed by atoms with E-state index < -0.39 is 0 Å². The Kier molecular flexibility index (Phi) is 5.71. The number of ether oxygens (including phenoxy) is 2. The molecular weight excluding hydrogens is 402 g/mol. The zero-order valence-electron chi connectivity index (χ0n) is 19.9. The van der Waals surface area contributed by atoms with Crippen molar-refractivity contribution in [3.63, 3.8) is 0 Å². The van der Waals surface area contributed by atoms with E-state index in [-0.39, 0.29) is 11.7 Å². The second-order valence-corrected chi connectivity index (χ2v) is 8.76. The third-order valence-corrected chi connectivity index (χ3v) is 6.13. The number of hydrogen-bond acceptors (Lipinski definition) is 5. The molecule has 168 valence electrons. The van der Waals surface area contributed by atoms with Crippen molar-refractivity contribution in [3.05, 3.63) is 63.1 Å². The van der Waals surface area contributed by atoms with Gasteiger partial charge in [0, 0.05) is 29.9 Å². The summed E-state index contributed by atoms with van der Waals surface area (Å²) in [7, 11) is 3.27. The highest BCUT2D eigenvalue weighted by atomic mass is 16.5. The minimum Gasteiger partial charge on any atom is -0.493 e. The molecule has 1 aromatic heterocycles. The van der Waals surface area contributed by atoms with Gasteiger partial charge >= 0.3 is 5.69 Å². The SMILES string of the molecule is COc1cc2c(cc1OC)-c1cc(N(c3c(C)cc(C)cc3C)C(C)C)nc(=O)n1CC2. The maximum Gasteiger partial charge on any atom is 0.350 e. The summed E-state index contributed by atoms with van der Waals surface area (Å²) in [6.45, 7) is 11.2. The second kappa shape index (κ2) is 8.34. The number of rotatable bonds is 5. The summed E-state index contributed by atoms with van der Waals surface area (Å²) < 4.78 is 12.8. The van der Waals surface area contributed by atoms with E-state index in [9.17, 15) is 4.79 Å². The smallest absolute Gasteiger partial charge is 0.350 e. The fourth-order valence-electron chi connectivity index (χ4n) is 4.84. The molecule has 2 heterocycles. The molecule has 0 radical (unpaired) electrons. The summed E-state index contributed by atoms with van der Waals surface area (Å²) in [5, 5.41) is 0. The van der Waals surface area contributed by atoms with Crippen molar-refractivity contribution in [3.8, 4) is 22.8 Å². The lowest BCUT2D eigenvalue weighted by Gasteiger charge is -2.32. The molecule has 2 aromatic carbocycles. The number of aryl methyl sites for hydroxylation is 4. The van der Waals surface area contributed by atoms with E-state index in [1.807, 2.05) is 18.2 Å². The van der Waals surface area contributed by atoms with Gasteiger partial charge in [-0.1, -0.05) is 17.7 Å². The Balaban J connectivity index is 1.94. The van der Waals surface area contributed by atoms with Crippen LogP contribution in [0.4, 0.5) is 11.5 Å². The Hall–Kier alpha value is -3.28. The van der Waals surface area contributed by atoms with Gasteiger partial charge in [-0.25, -0.2) is 4.79 Å². The largest absolute Gasteiger partial charge is 0.493 e. The number of methoxy groups -OCH3 is 2. The van der Waals surface area contributed by atoms with E-state index in [2.05, 4.69) is 56.6 Å². The molecule has 0 saturated heterocycles. The van der Waals surface area contributed by atoms with Crippen LogP contribution in [0.3, 0.4) is 0 Å². The van der Waals surface area contributed by atoms with Gasteiger partial charge in [-0.3, -0.25) is 4.57 Å². The van der Waals surface area contributed by atoms with Gasteiger partial charge in [0.1, 0.15) is 5.82 Å². The fraction of sp³-hybridized carbons (Fsp3) is 0.385. The number of hydrogen-bond donors (Lipinski definition) is 0. The van der Waals surface area contributed by atoms with Crippen molar-refractivity contribution in [2.24, 2.45) is 0 Å². The highest BCUT2D eigenvalue weighted by Gasteiger charge is 2.25. The molecule has 0 bridgehead atoms. The summed E-state index contributed by atoms with van der Waals surface area (Å²) in [6, 6.07) is 10.5. The number of aromatic nitrogens is 2. The van der Waals surface area contributed by atoms with Crippen molar-refractivity contribution in [1.82, 2.24) is 9.55 Å². The van der Waals surface area contributed by atoms with Crippen LogP contribution in [0.15, 0.2) is 35.1 Å². The normalized spacial score (nSPS) is 12.4. The van der Waals surface area contributed by atoms with Crippen molar-refractivity contribution >= 4 is 11.5 Å². The third-order valence-electron chi connectivity index (χ3n) is 6.13. The standard InChI is InChI=1S/C26H31N3O3/c1-15(2)29(25-17(4)10-16(3)11-18(25)5)24-14-21-20-13-23(32-7)22(31-6)12-19(20)8-9-28(21)26(30)27-24/h10-15H,8-9H2,1-7H3. The molecule has 0 fully saturated rings. The zero-order valence-corrected chi connectivity index (χ0v) is 19.9. The Bertz CT molecular complexity index is 1220. The minimum absolute atomic E-state index is 0.124. The van der Waals surface area contributed by atoms with Crippen LogP contribution in [-0.4, -0.2) is 29.8 Å². The average Bonchev–Trinajstić information content (AvgIpc) is 2.74. The van der Waals surface area contributed by atoms with E-state index in [1.54, 1.807) is 18.8 Å². The van der Waals surface area contributed by atoms with Gasteiger partial charge in [0.05, 0.1) is 19.9 Å². The highest BCUT2D eigenvalue weighted by Crippen LogP contribution is 2.40. The molecular formula is C26H31N3O3. The van der Waals surface area contributed by atoms with Crippen LogP contribution in [0.25, 0.3) is 11.3 Å². The molecule has 0 unspecified atom stereocenters. The zero-order chi connectivity index (χ0) is 23.2. The van der Waals surface area contributed by atoms with Gasteiger partial charge in [-0.05, 0) is 69.9 Å². The number of anilines is 2. The average molecular weight is 434 g/mol. The number of benzene rings is 2. The van der Waals surface area contributed by atoms with Crippen LogP contribution in [0.5, 0.6) is 11.5 Å². The molecule has 0 amide bonds. The molecule has 0 atom stereocenters. The van der Waals surface area contributed by atoms with E-state index in [4.69, 9.17) is 9.47 Å². The predicted molar refractivity (Wildman–Crippen MR) is 129 cm³/mol. The van der Waals surface area contributed by atoms with Crippen LogP contribution in [0, 0.1) is 20.8 Å². The summed E-state index contributed by atoms with van der Waals surface area (Å²) in [4.78, 5) is 19.8. The number of fused-ring (bicyclic) bond motifs is 3. The van der Waals surface area contributed by atoms with Crippen LogP contribution in [0.1, 0.15) is 36.1 Å². The second-order valence-electron chi connectivity index (χ2n) is 8.76. The Labute approximate surface area is 189 Å². The summed E-state index contributed by atoms with van der Waals surface area (Å²) in [6.07, 6.45) is 0.744. The molecule has 0 spiro atoms. The Morgan fingerprint density at radius 2 is 1.59 bits per heavy atom. The molecule has 32 heavy (non-hydrogen) atoms. The first-order valence-electron chi connectivity index (χ1n) is 11.0. The van der Waals surface area contributed by atoms with Gasteiger partial charge in [-0.2, -0.15) is 4.98 Å². The number of nitrogens with zero attached hydrogens (tertiary/aromatic N) is 3. The molecule has 1 aliphatic rings. The van der Waals surface area contributed by atoms with Gasteiger partial charge in [0.25, 0.3) is 0 Å². The molecule has 6 heteroatoms. The Morgan fingerprint density at radius 3 is 2.19 bits per heavy atom. The molecule has 1 aliphatic heterocycles. The van der Waals surface area contributed by atoms with Crippen molar-refractivity contribution in [1.29, 1.82) is 0 Å². The quantitative estimate of drug-likeness (QED) is 0.570. The molecule has 6 nitrogen and oxygen atoms in total. The predicted octanol–water partition coefficient (Wildman–Crippen LogP) is 4.96. The van der Waals surface area contributed by atoms with Gasteiger partial charge in [0.15, 0.2) is 11.5 Å². The van der Waals surface area contributed by atoms with Crippen molar-refractivity contribution < 1.29 is 9.47 Å². The van der Waals surface area contributed by atoms with Crippen molar-refractivity contribution in [2.45, 2.75) is 53.6 Å². The molecule has 4 rings (SSSR count). The van der Waals surface area contributed by atoms with Gasteiger partial charge in [0.2, 0.25) is 0 Å². The maximum absolute atomic E-state index is 13.1. The molecule has 0 aliphatic carbocycles. The highest BCUT2D eigenvalue weighted by molar-refractivity contribution is 5.75. The van der Waals surface area contributed by atoms with E-state index in [0.29, 0.717) is 23.9 Å². The van der Waals surface area contributed by atoms with Crippen LogP contribution in [0.2, 0.25) is 0 Å². The van der Waals surface area contributed by atoms with Gasteiger partial charge in [-0.15, -0.1) is 0 Å². The van der Waals surface area contributed by atoms with E-state index in [0.717, 1.165) is 28.9 Å². The monoisotopic (exact) mass is 433 g/mol. The summed E-state index contributed by atoms with van der Waals surface area (Å²) >= 11 is 0. The van der Waals surface area contributed by atoms with Crippen LogP contribution >= 0.6 is 0 Å². The lowest BCUT2D eigenvalue weighted by molar-refractivity contribution is 0.354. The molecule has 0 N–H and O–H groups in total. The molecule has 0 saturated carbocycles. The van der Waals surface area contributed by atoms with Gasteiger partial charge < -0.3 is 14.4 Å². The Morgan fingerprint density at radius 1 is 0.969 bits per heavy atom. The third kappa shape index (κ3) is 3.64. The first-order valence-corrected chi connectivity index (χ1v) is 11.0. The van der Waals surface area contributed by atoms with E-state index >= 15 is 0 Å². The first-order chi connectivity index (χ1) is 15.2. The van der Waals surface area contributed by atoms with E-state index in [1.165, 1.54) is 16.7 Å².